The Hall–Kier alpha value is -2.15. The highest BCUT2D eigenvalue weighted by atomic mass is 32.1. The highest BCUT2D eigenvalue weighted by molar-refractivity contribution is 7.80. The molecule has 1 saturated heterocycles. The normalized spacial score (nSPS) is 20.1. The molecule has 1 fully saturated rings. The summed E-state index contributed by atoms with van der Waals surface area (Å²) < 4.78 is 5.53. The topological polar surface area (TPSA) is 66.2 Å². The number of anilines is 2. The van der Waals surface area contributed by atoms with Crippen LogP contribution in [0.25, 0.3) is 0 Å². The third-order valence-corrected chi connectivity index (χ3v) is 4.72. The molecule has 6 nitrogen and oxygen atoms in total. The summed E-state index contributed by atoms with van der Waals surface area (Å²) in [4.78, 5) is 11.5. The van der Waals surface area contributed by atoms with Crippen LogP contribution in [0.1, 0.15) is 37.5 Å². The summed E-state index contributed by atoms with van der Waals surface area (Å²) >= 11 is 5.36. The van der Waals surface area contributed by atoms with Crippen molar-refractivity contribution in [1.82, 2.24) is 15.3 Å². The lowest BCUT2D eigenvalue weighted by atomic mass is 9.92. The van der Waals surface area contributed by atoms with Crippen molar-refractivity contribution >= 4 is 29.1 Å². The SMILES string of the molecule is Cc1cc(N2C[C@H](C)C[C@H](C)C2)nc(NC(=S)NCc2ccc(C)o2)n1. The first-order valence-corrected chi connectivity index (χ1v) is 9.50. The van der Waals surface area contributed by atoms with Gasteiger partial charge in [0.1, 0.15) is 17.3 Å². The van der Waals surface area contributed by atoms with Gasteiger partial charge < -0.3 is 20.0 Å². The van der Waals surface area contributed by atoms with Crippen LogP contribution in [0, 0.1) is 25.7 Å². The Kier molecular flexibility index (Phi) is 5.76. The van der Waals surface area contributed by atoms with Gasteiger partial charge >= 0.3 is 0 Å². The number of piperidine rings is 1. The number of hydrogen-bond donors (Lipinski definition) is 2. The van der Waals surface area contributed by atoms with Crippen molar-refractivity contribution in [2.24, 2.45) is 11.8 Å². The van der Waals surface area contributed by atoms with Gasteiger partial charge in [0.15, 0.2) is 5.11 Å². The van der Waals surface area contributed by atoms with Gasteiger partial charge in [0.25, 0.3) is 0 Å². The minimum Gasteiger partial charge on any atom is -0.465 e. The number of nitrogens with one attached hydrogen (secondary N) is 2. The Morgan fingerprint density at radius 3 is 2.62 bits per heavy atom. The van der Waals surface area contributed by atoms with Gasteiger partial charge in [0.05, 0.1) is 6.54 Å². The van der Waals surface area contributed by atoms with E-state index in [1.54, 1.807) is 0 Å². The molecular formula is C19H27N5OS. The van der Waals surface area contributed by atoms with Gasteiger partial charge in [-0.15, -0.1) is 0 Å². The van der Waals surface area contributed by atoms with E-state index >= 15 is 0 Å². The second kappa shape index (κ2) is 8.03. The third kappa shape index (κ3) is 4.94. The first kappa shape index (κ1) is 18.6. The fraction of sp³-hybridized carbons (Fsp3) is 0.526. The zero-order valence-electron chi connectivity index (χ0n) is 15.9. The predicted molar refractivity (Wildman–Crippen MR) is 108 cm³/mol. The fourth-order valence-electron chi connectivity index (χ4n) is 3.51. The number of hydrogen-bond acceptors (Lipinski definition) is 5. The summed E-state index contributed by atoms with van der Waals surface area (Å²) in [6, 6.07) is 5.91. The van der Waals surface area contributed by atoms with Gasteiger partial charge in [-0.25, -0.2) is 4.98 Å². The molecule has 0 bridgehead atoms. The van der Waals surface area contributed by atoms with Crippen LogP contribution in [-0.2, 0) is 6.54 Å². The Balaban J connectivity index is 1.64. The maximum absolute atomic E-state index is 5.53. The number of furan rings is 1. The number of nitrogens with zero attached hydrogens (tertiary/aromatic N) is 3. The summed E-state index contributed by atoms with van der Waals surface area (Å²) in [5, 5.41) is 6.70. The van der Waals surface area contributed by atoms with Crippen LogP contribution in [0.4, 0.5) is 11.8 Å². The molecule has 0 aliphatic carbocycles. The molecule has 0 amide bonds. The molecule has 0 spiro atoms. The van der Waals surface area contributed by atoms with Crippen LogP contribution in [-0.4, -0.2) is 28.2 Å². The van der Waals surface area contributed by atoms with Gasteiger partial charge in [-0.1, -0.05) is 13.8 Å². The third-order valence-electron chi connectivity index (χ3n) is 4.48. The molecule has 2 aromatic rings. The predicted octanol–water partition coefficient (Wildman–Crippen LogP) is 3.66. The van der Waals surface area contributed by atoms with Crippen molar-refractivity contribution < 1.29 is 4.42 Å². The van der Waals surface area contributed by atoms with E-state index in [2.05, 4.69) is 39.3 Å². The summed E-state index contributed by atoms with van der Waals surface area (Å²) in [6.45, 7) is 11.1. The van der Waals surface area contributed by atoms with Crippen LogP contribution in [0.2, 0.25) is 0 Å². The molecular weight excluding hydrogens is 346 g/mol. The summed E-state index contributed by atoms with van der Waals surface area (Å²) in [7, 11) is 0. The zero-order chi connectivity index (χ0) is 18.7. The summed E-state index contributed by atoms with van der Waals surface area (Å²) in [5.41, 5.74) is 0.924. The van der Waals surface area contributed by atoms with E-state index in [0.717, 1.165) is 36.1 Å². The Labute approximate surface area is 160 Å². The van der Waals surface area contributed by atoms with Crippen LogP contribution in [0.15, 0.2) is 22.6 Å². The number of thiocarbonyl (C=S) groups is 1. The average molecular weight is 374 g/mol. The molecule has 0 aromatic carbocycles. The highest BCUT2D eigenvalue weighted by Gasteiger charge is 2.23. The quantitative estimate of drug-likeness (QED) is 0.793. The van der Waals surface area contributed by atoms with Gasteiger partial charge in [-0.05, 0) is 56.5 Å². The standard InChI is InChI=1S/C19H27N5OS/c1-12-7-13(2)11-24(10-12)17-8-14(3)21-18(22-17)23-19(26)20-9-16-6-5-15(4)25-16/h5-6,8,12-13H,7,9-11H2,1-4H3,(H2,20,21,22,23,26)/t12-,13+. The van der Waals surface area contributed by atoms with E-state index in [1.165, 1.54) is 6.42 Å². The molecule has 1 aliphatic rings. The first-order chi connectivity index (χ1) is 12.4. The van der Waals surface area contributed by atoms with Gasteiger partial charge in [-0.3, -0.25) is 0 Å². The highest BCUT2D eigenvalue weighted by Crippen LogP contribution is 2.26. The molecule has 26 heavy (non-hydrogen) atoms. The van der Waals surface area contributed by atoms with E-state index in [9.17, 15) is 0 Å². The van der Waals surface area contributed by atoms with Crippen molar-refractivity contribution in [2.75, 3.05) is 23.3 Å². The molecule has 0 radical (unpaired) electrons. The van der Waals surface area contributed by atoms with Crippen molar-refractivity contribution in [1.29, 1.82) is 0 Å². The minimum absolute atomic E-state index is 0.482. The Morgan fingerprint density at radius 1 is 1.23 bits per heavy atom. The van der Waals surface area contributed by atoms with E-state index in [1.807, 2.05) is 32.0 Å². The number of aromatic nitrogens is 2. The number of aryl methyl sites for hydroxylation is 2. The molecule has 2 atom stereocenters. The molecule has 2 aromatic heterocycles. The lowest BCUT2D eigenvalue weighted by Crippen LogP contribution is -2.39. The summed E-state index contributed by atoms with van der Waals surface area (Å²) in [5.74, 6) is 4.56. The molecule has 0 saturated carbocycles. The summed E-state index contributed by atoms with van der Waals surface area (Å²) in [6.07, 6.45) is 1.27. The van der Waals surface area contributed by atoms with Gasteiger partial charge in [0.2, 0.25) is 5.95 Å². The monoisotopic (exact) mass is 373 g/mol. The smallest absolute Gasteiger partial charge is 0.231 e. The maximum Gasteiger partial charge on any atom is 0.231 e. The van der Waals surface area contributed by atoms with E-state index in [4.69, 9.17) is 16.6 Å². The van der Waals surface area contributed by atoms with Crippen molar-refractivity contribution in [3.63, 3.8) is 0 Å². The van der Waals surface area contributed by atoms with E-state index in [-0.39, 0.29) is 0 Å². The lowest BCUT2D eigenvalue weighted by Gasteiger charge is -2.36. The lowest BCUT2D eigenvalue weighted by molar-refractivity contribution is 0.355. The molecule has 0 unspecified atom stereocenters. The van der Waals surface area contributed by atoms with Crippen LogP contribution in [0.3, 0.4) is 0 Å². The molecule has 7 heteroatoms. The number of rotatable bonds is 4. The van der Waals surface area contributed by atoms with Crippen molar-refractivity contribution in [2.45, 2.75) is 40.7 Å². The van der Waals surface area contributed by atoms with Gasteiger partial charge in [0, 0.05) is 24.8 Å². The first-order valence-electron chi connectivity index (χ1n) is 9.10. The van der Waals surface area contributed by atoms with Crippen LogP contribution >= 0.6 is 12.2 Å². The largest absolute Gasteiger partial charge is 0.465 e. The molecule has 2 N–H and O–H groups in total. The zero-order valence-corrected chi connectivity index (χ0v) is 16.7. The van der Waals surface area contributed by atoms with E-state index < -0.39 is 0 Å². The van der Waals surface area contributed by atoms with Crippen LogP contribution < -0.4 is 15.5 Å². The molecule has 1 aliphatic heterocycles. The molecule has 140 valence electrons. The molecule has 3 heterocycles. The second-order valence-electron chi connectivity index (χ2n) is 7.36. The minimum atomic E-state index is 0.482. The van der Waals surface area contributed by atoms with E-state index in [0.29, 0.717) is 29.4 Å². The fourth-order valence-corrected chi connectivity index (χ4v) is 3.68. The molecule has 3 rings (SSSR count). The average Bonchev–Trinajstić information content (AvgIpc) is 2.97. The Morgan fingerprint density at radius 2 is 1.96 bits per heavy atom. The van der Waals surface area contributed by atoms with Crippen molar-refractivity contribution in [3.8, 4) is 0 Å². The Bertz CT molecular complexity index is 765. The second-order valence-corrected chi connectivity index (χ2v) is 7.77. The van der Waals surface area contributed by atoms with Gasteiger partial charge in [-0.2, -0.15) is 4.98 Å². The van der Waals surface area contributed by atoms with Crippen molar-refractivity contribution in [3.05, 3.63) is 35.4 Å². The maximum atomic E-state index is 5.53. The van der Waals surface area contributed by atoms with Crippen LogP contribution in [0.5, 0.6) is 0 Å².